The molecule has 2 aromatic heterocycles. The Balaban J connectivity index is 1.18. The predicted octanol–water partition coefficient (Wildman–Crippen LogP) is 5.78. The van der Waals surface area contributed by atoms with Crippen LogP contribution in [0, 0.1) is 5.92 Å². The molecule has 4 heterocycles. The quantitative estimate of drug-likeness (QED) is 0.376. The van der Waals surface area contributed by atoms with E-state index in [4.69, 9.17) is 37.7 Å². The molecule has 1 atom stereocenters. The fourth-order valence-corrected chi connectivity index (χ4v) is 5.78. The number of nitrogens with zero attached hydrogens (tertiary/aromatic N) is 2. The van der Waals surface area contributed by atoms with Crippen molar-refractivity contribution in [2.24, 2.45) is 5.92 Å². The third-order valence-corrected chi connectivity index (χ3v) is 8.21. The third kappa shape index (κ3) is 7.01. The number of halogens is 2. The summed E-state index contributed by atoms with van der Waals surface area (Å²) < 4.78 is 11.2. The molecular formula is C27H37Cl2N5O2. The summed E-state index contributed by atoms with van der Waals surface area (Å²) in [5.74, 6) is 2.21. The smallest absolute Gasteiger partial charge is 0.126 e. The minimum Gasteiger partial charge on any atom is -0.381 e. The van der Waals surface area contributed by atoms with Gasteiger partial charge in [-0.05, 0) is 75.5 Å². The van der Waals surface area contributed by atoms with Crippen LogP contribution in [0.5, 0.6) is 0 Å². The molecule has 2 saturated heterocycles. The van der Waals surface area contributed by atoms with Gasteiger partial charge in [0, 0.05) is 56.8 Å². The van der Waals surface area contributed by atoms with Gasteiger partial charge >= 0.3 is 0 Å². The summed E-state index contributed by atoms with van der Waals surface area (Å²) in [5.41, 5.74) is 1.46. The van der Waals surface area contributed by atoms with Crippen LogP contribution in [0.25, 0.3) is 11.3 Å². The van der Waals surface area contributed by atoms with Crippen molar-refractivity contribution in [3.8, 4) is 11.3 Å². The molecule has 36 heavy (non-hydrogen) atoms. The first-order valence-electron chi connectivity index (χ1n) is 13.4. The summed E-state index contributed by atoms with van der Waals surface area (Å²) >= 11 is 13.1. The highest BCUT2D eigenvalue weighted by molar-refractivity contribution is 6.36. The zero-order valence-corrected chi connectivity index (χ0v) is 22.3. The van der Waals surface area contributed by atoms with Gasteiger partial charge in [-0.15, -0.1) is 0 Å². The molecule has 0 aromatic carbocycles. The van der Waals surface area contributed by atoms with Crippen molar-refractivity contribution in [3.05, 3.63) is 34.4 Å². The molecule has 7 nitrogen and oxygen atoms in total. The average Bonchev–Trinajstić information content (AvgIpc) is 3.43. The zero-order valence-electron chi connectivity index (χ0n) is 20.8. The first kappa shape index (κ1) is 26.0. The molecule has 1 aliphatic carbocycles. The Morgan fingerprint density at radius 2 is 1.67 bits per heavy atom. The largest absolute Gasteiger partial charge is 0.381 e. The van der Waals surface area contributed by atoms with Crippen LogP contribution in [-0.4, -0.2) is 61.1 Å². The van der Waals surface area contributed by atoms with Gasteiger partial charge in [-0.2, -0.15) is 0 Å². The molecule has 2 aliphatic heterocycles. The summed E-state index contributed by atoms with van der Waals surface area (Å²) in [6, 6.07) is 6.74. The monoisotopic (exact) mass is 533 g/mol. The van der Waals surface area contributed by atoms with E-state index in [9.17, 15) is 0 Å². The van der Waals surface area contributed by atoms with E-state index in [1.165, 1.54) is 12.8 Å². The molecule has 3 aliphatic rings. The summed E-state index contributed by atoms with van der Waals surface area (Å²) in [7, 11) is 0. The number of rotatable bonds is 9. The minimum atomic E-state index is 0.392. The Hall–Kier alpha value is -1.64. The van der Waals surface area contributed by atoms with Crippen LogP contribution in [0.4, 0.5) is 11.6 Å². The summed E-state index contributed by atoms with van der Waals surface area (Å²) in [5, 5.41) is 11.9. The maximum Gasteiger partial charge on any atom is 0.126 e. The highest BCUT2D eigenvalue weighted by Crippen LogP contribution is 2.34. The van der Waals surface area contributed by atoms with Gasteiger partial charge < -0.3 is 25.4 Å². The van der Waals surface area contributed by atoms with Crippen molar-refractivity contribution in [3.63, 3.8) is 0 Å². The van der Waals surface area contributed by atoms with Crippen LogP contribution in [0.2, 0.25) is 10.0 Å². The van der Waals surface area contributed by atoms with Gasteiger partial charge in [0.1, 0.15) is 11.6 Å². The average molecular weight is 535 g/mol. The lowest BCUT2D eigenvalue weighted by Gasteiger charge is -2.30. The van der Waals surface area contributed by atoms with Gasteiger partial charge in [-0.25, -0.2) is 9.97 Å². The van der Waals surface area contributed by atoms with Crippen molar-refractivity contribution in [1.29, 1.82) is 0 Å². The van der Waals surface area contributed by atoms with E-state index in [1.807, 2.05) is 18.2 Å². The molecule has 0 unspecified atom stereocenters. The maximum absolute atomic E-state index is 6.57. The van der Waals surface area contributed by atoms with Crippen LogP contribution in [0.3, 0.4) is 0 Å². The molecule has 9 heteroatoms. The maximum atomic E-state index is 6.57. The van der Waals surface area contributed by atoms with Gasteiger partial charge in [0.15, 0.2) is 0 Å². The van der Waals surface area contributed by atoms with Gasteiger partial charge in [-0.1, -0.05) is 23.2 Å². The number of ether oxygens (including phenoxy) is 2. The van der Waals surface area contributed by atoms with Crippen LogP contribution in [0.1, 0.15) is 51.4 Å². The number of hydrogen-bond acceptors (Lipinski definition) is 7. The van der Waals surface area contributed by atoms with E-state index >= 15 is 0 Å². The Morgan fingerprint density at radius 1 is 0.861 bits per heavy atom. The molecule has 5 rings (SSSR count). The van der Waals surface area contributed by atoms with Gasteiger partial charge in [-0.3, -0.25) is 0 Å². The van der Waals surface area contributed by atoms with Crippen LogP contribution in [-0.2, 0) is 9.47 Å². The molecular weight excluding hydrogens is 497 g/mol. The fourth-order valence-electron chi connectivity index (χ4n) is 5.38. The van der Waals surface area contributed by atoms with E-state index in [1.54, 1.807) is 6.20 Å². The molecule has 0 radical (unpaired) electrons. The van der Waals surface area contributed by atoms with Crippen molar-refractivity contribution in [2.75, 3.05) is 43.5 Å². The Bertz CT molecular complexity index is 990. The van der Waals surface area contributed by atoms with E-state index in [0.29, 0.717) is 39.8 Å². The number of aromatic nitrogens is 2. The van der Waals surface area contributed by atoms with Crippen molar-refractivity contribution in [2.45, 2.75) is 69.6 Å². The Morgan fingerprint density at radius 3 is 2.44 bits per heavy atom. The van der Waals surface area contributed by atoms with E-state index in [2.05, 4.69) is 20.9 Å². The first-order valence-corrected chi connectivity index (χ1v) is 14.2. The topological polar surface area (TPSA) is 80.3 Å². The Kier molecular flexibility index (Phi) is 9.20. The molecule has 2 aromatic rings. The Labute approximate surface area is 224 Å². The third-order valence-electron chi connectivity index (χ3n) is 7.61. The second-order valence-electron chi connectivity index (χ2n) is 10.2. The predicted molar refractivity (Wildman–Crippen MR) is 146 cm³/mol. The van der Waals surface area contributed by atoms with Crippen molar-refractivity contribution < 1.29 is 9.47 Å². The fraction of sp³-hybridized carbons (Fsp3) is 0.630. The minimum absolute atomic E-state index is 0.392. The first-order chi connectivity index (χ1) is 17.6. The van der Waals surface area contributed by atoms with E-state index in [-0.39, 0.29) is 0 Å². The van der Waals surface area contributed by atoms with Crippen molar-refractivity contribution in [1.82, 2.24) is 15.3 Å². The number of pyridine rings is 2. The van der Waals surface area contributed by atoms with Crippen LogP contribution in [0.15, 0.2) is 24.4 Å². The lowest BCUT2D eigenvalue weighted by atomic mass is 9.91. The van der Waals surface area contributed by atoms with Gasteiger partial charge in [0.05, 0.1) is 21.8 Å². The number of hydrogen-bond donors (Lipinski definition) is 3. The second-order valence-corrected chi connectivity index (χ2v) is 11.1. The SMILES string of the molecule is Clc1cnc(NC2CCC(NC[C@@H]3CCCO3)CC2)cc1-c1nc(NCC2CCOCC2)ccc1Cl. The van der Waals surface area contributed by atoms with Crippen LogP contribution >= 0.6 is 23.2 Å². The summed E-state index contributed by atoms with van der Waals surface area (Å²) in [4.78, 5) is 9.35. The molecule has 196 valence electrons. The summed E-state index contributed by atoms with van der Waals surface area (Å²) in [6.07, 6.45) is 11.1. The van der Waals surface area contributed by atoms with E-state index in [0.717, 1.165) is 88.6 Å². The molecule has 0 bridgehead atoms. The molecule has 3 N–H and O–H groups in total. The van der Waals surface area contributed by atoms with Crippen LogP contribution < -0.4 is 16.0 Å². The van der Waals surface area contributed by atoms with Gasteiger partial charge in [0.25, 0.3) is 0 Å². The highest BCUT2D eigenvalue weighted by atomic mass is 35.5. The standard InChI is InChI=1S/C27H37Cl2N5O2/c28-23-7-8-25(31-15-18-9-12-35-13-10-18)34-27(23)22-14-26(32-17-24(22)29)33-20-5-3-19(4-6-20)30-16-21-2-1-11-36-21/h7-8,14,17-21,30H,1-6,9-13,15-16H2,(H,31,34)(H,32,33)/t19?,20?,21-/m0/s1. The molecule has 0 amide bonds. The lowest BCUT2D eigenvalue weighted by Crippen LogP contribution is -2.40. The second kappa shape index (κ2) is 12.7. The normalized spacial score (nSPS) is 25.1. The molecule has 1 saturated carbocycles. The summed E-state index contributed by atoms with van der Waals surface area (Å²) in [6.45, 7) is 4.43. The lowest BCUT2D eigenvalue weighted by molar-refractivity contribution is 0.0699. The van der Waals surface area contributed by atoms with Crippen molar-refractivity contribution >= 4 is 34.8 Å². The number of nitrogens with one attached hydrogen (secondary N) is 3. The zero-order chi connectivity index (χ0) is 24.7. The van der Waals surface area contributed by atoms with Gasteiger partial charge in [0.2, 0.25) is 0 Å². The molecule has 3 fully saturated rings. The highest BCUT2D eigenvalue weighted by Gasteiger charge is 2.24. The van der Waals surface area contributed by atoms with E-state index < -0.39 is 0 Å². The number of anilines is 2. The molecule has 0 spiro atoms.